The molecule has 3 N–H and O–H groups in total. The highest BCUT2D eigenvalue weighted by atomic mass is 16.1. The molecule has 2 rings (SSSR count). The Morgan fingerprint density at radius 1 is 1.45 bits per heavy atom. The summed E-state index contributed by atoms with van der Waals surface area (Å²) in [4.78, 5) is 20.4. The number of nitrogen functional groups attached to an aromatic ring is 1. The third kappa shape index (κ3) is 3.32. The number of rotatable bonds is 4. The predicted molar refractivity (Wildman–Crippen MR) is 78.1 cm³/mol. The fourth-order valence-electron chi connectivity index (χ4n) is 1.92. The molecule has 0 saturated heterocycles. The van der Waals surface area contributed by atoms with Crippen molar-refractivity contribution in [2.24, 2.45) is 0 Å². The lowest BCUT2D eigenvalue weighted by Gasteiger charge is -2.14. The SMILES string of the molecule is CCc1cc(C(=O)NC(C)c2cccnc2)cc(N)n1. The second-order valence-electron chi connectivity index (χ2n) is 4.61. The summed E-state index contributed by atoms with van der Waals surface area (Å²) in [5.74, 6) is 0.202. The van der Waals surface area contributed by atoms with Crippen LogP contribution in [0.5, 0.6) is 0 Å². The van der Waals surface area contributed by atoms with Gasteiger partial charge in [-0.15, -0.1) is 0 Å². The first-order valence-corrected chi connectivity index (χ1v) is 6.57. The van der Waals surface area contributed by atoms with Gasteiger partial charge in [-0.25, -0.2) is 4.98 Å². The normalized spacial score (nSPS) is 11.9. The molecule has 0 aliphatic carbocycles. The molecule has 0 aliphatic heterocycles. The summed E-state index contributed by atoms with van der Waals surface area (Å²) in [6.45, 7) is 3.89. The first kappa shape index (κ1) is 14.0. The molecule has 0 radical (unpaired) electrons. The van der Waals surface area contributed by atoms with Gasteiger partial charge in [-0.1, -0.05) is 13.0 Å². The topological polar surface area (TPSA) is 80.9 Å². The smallest absolute Gasteiger partial charge is 0.251 e. The molecule has 2 aromatic rings. The number of aryl methyl sites for hydroxylation is 1. The Bertz CT molecular complexity index is 598. The molecule has 104 valence electrons. The Labute approximate surface area is 118 Å². The van der Waals surface area contributed by atoms with Gasteiger partial charge in [-0.05, 0) is 37.1 Å². The number of aromatic nitrogens is 2. The third-order valence-corrected chi connectivity index (χ3v) is 3.05. The van der Waals surface area contributed by atoms with Gasteiger partial charge >= 0.3 is 0 Å². The summed E-state index contributed by atoms with van der Waals surface area (Å²) in [7, 11) is 0. The van der Waals surface area contributed by atoms with Gasteiger partial charge < -0.3 is 11.1 Å². The Balaban J connectivity index is 2.14. The molecular formula is C15H18N4O. The zero-order valence-corrected chi connectivity index (χ0v) is 11.6. The van der Waals surface area contributed by atoms with E-state index in [1.807, 2.05) is 26.0 Å². The molecule has 2 aromatic heterocycles. The predicted octanol–water partition coefficient (Wildman–Crippen LogP) is 2.11. The highest BCUT2D eigenvalue weighted by Crippen LogP contribution is 2.13. The number of hydrogen-bond donors (Lipinski definition) is 2. The molecule has 1 amide bonds. The lowest BCUT2D eigenvalue weighted by Crippen LogP contribution is -2.27. The first-order chi connectivity index (χ1) is 9.60. The van der Waals surface area contributed by atoms with Gasteiger partial charge in [-0.3, -0.25) is 9.78 Å². The lowest BCUT2D eigenvalue weighted by atomic mass is 10.1. The summed E-state index contributed by atoms with van der Waals surface area (Å²) in [5.41, 5.74) is 8.01. The Kier molecular flexibility index (Phi) is 4.30. The maximum Gasteiger partial charge on any atom is 0.251 e. The largest absolute Gasteiger partial charge is 0.384 e. The average Bonchev–Trinajstić information content (AvgIpc) is 2.47. The third-order valence-electron chi connectivity index (χ3n) is 3.05. The van der Waals surface area contributed by atoms with Crippen LogP contribution in [0.2, 0.25) is 0 Å². The van der Waals surface area contributed by atoms with Crippen molar-refractivity contribution in [2.45, 2.75) is 26.3 Å². The molecule has 0 aromatic carbocycles. The van der Waals surface area contributed by atoms with Crippen molar-refractivity contribution in [3.05, 3.63) is 53.5 Å². The van der Waals surface area contributed by atoms with Crippen molar-refractivity contribution >= 4 is 11.7 Å². The maximum atomic E-state index is 12.2. The van der Waals surface area contributed by atoms with E-state index in [1.165, 1.54) is 0 Å². The summed E-state index contributed by atoms with van der Waals surface area (Å²) >= 11 is 0. The molecule has 20 heavy (non-hydrogen) atoms. The van der Waals surface area contributed by atoms with Crippen molar-refractivity contribution in [3.63, 3.8) is 0 Å². The van der Waals surface area contributed by atoms with E-state index in [0.717, 1.165) is 17.7 Å². The minimum atomic E-state index is -0.162. The number of anilines is 1. The Hall–Kier alpha value is -2.43. The molecule has 5 heteroatoms. The lowest BCUT2D eigenvalue weighted by molar-refractivity contribution is 0.0939. The van der Waals surface area contributed by atoms with Gasteiger partial charge in [0, 0.05) is 23.7 Å². The van der Waals surface area contributed by atoms with Crippen LogP contribution < -0.4 is 11.1 Å². The Morgan fingerprint density at radius 3 is 2.90 bits per heavy atom. The average molecular weight is 270 g/mol. The summed E-state index contributed by atoms with van der Waals surface area (Å²) in [5, 5.41) is 2.93. The molecule has 0 spiro atoms. The molecule has 1 unspecified atom stereocenters. The van der Waals surface area contributed by atoms with Gasteiger partial charge in [0.05, 0.1) is 6.04 Å². The number of nitrogens with two attached hydrogens (primary N) is 1. The minimum Gasteiger partial charge on any atom is -0.384 e. The van der Waals surface area contributed by atoms with Crippen LogP contribution in [0.3, 0.4) is 0 Å². The first-order valence-electron chi connectivity index (χ1n) is 6.57. The zero-order valence-electron chi connectivity index (χ0n) is 11.6. The second kappa shape index (κ2) is 6.14. The monoisotopic (exact) mass is 270 g/mol. The van der Waals surface area contributed by atoms with Gasteiger partial charge in [-0.2, -0.15) is 0 Å². The molecule has 1 atom stereocenters. The number of amides is 1. The van der Waals surface area contributed by atoms with E-state index < -0.39 is 0 Å². The van der Waals surface area contributed by atoms with Crippen LogP contribution in [0.15, 0.2) is 36.7 Å². The fourth-order valence-corrected chi connectivity index (χ4v) is 1.92. The van der Waals surface area contributed by atoms with E-state index in [4.69, 9.17) is 5.73 Å². The highest BCUT2D eigenvalue weighted by Gasteiger charge is 2.13. The molecule has 0 fully saturated rings. The molecule has 2 heterocycles. The van der Waals surface area contributed by atoms with Crippen LogP contribution in [-0.4, -0.2) is 15.9 Å². The van der Waals surface area contributed by atoms with Crippen molar-refractivity contribution in [2.75, 3.05) is 5.73 Å². The van der Waals surface area contributed by atoms with Crippen LogP contribution in [0.1, 0.15) is 41.5 Å². The summed E-state index contributed by atoms with van der Waals surface area (Å²) in [6, 6.07) is 7.01. The van der Waals surface area contributed by atoms with E-state index >= 15 is 0 Å². The standard InChI is InChI=1S/C15H18N4O/c1-3-13-7-12(8-14(16)19-13)15(20)18-10(2)11-5-4-6-17-9-11/h4-10H,3H2,1-2H3,(H2,16,19)(H,18,20). The Morgan fingerprint density at radius 2 is 2.25 bits per heavy atom. The second-order valence-corrected chi connectivity index (χ2v) is 4.61. The van der Waals surface area contributed by atoms with Crippen LogP contribution in [0.4, 0.5) is 5.82 Å². The number of nitrogens with zero attached hydrogens (tertiary/aromatic N) is 2. The molecule has 5 nitrogen and oxygen atoms in total. The van der Waals surface area contributed by atoms with Crippen molar-refractivity contribution in [1.29, 1.82) is 0 Å². The summed E-state index contributed by atoms with van der Waals surface area (Å²) in [6.07, 6.45) is 4.18. The van der Waals surface area contributed by atoms with E-state index in [9.17, 15) is 4.79 Å². The van der Waals surface area contributed by atoms with Gasteiger partial charge in [0.25, 0.3) is 5.91 Å². The maximum absolute atomic E-state index is 12.2. The van der Waals surface area contributed by atoms with Crippen molar-refractivity contribution < 1.29 is 4.79 Å². The van der Waals surface area contributed by atoms with Gasteiger partial charge in [0.15, 0.2) is 0 Å². The molecule has 0 aliphatic rings. The molecular weight excluding hydrogens is 252 g/mol. The van der Waals surface area contributed by atoms with Crippen LogP contribution >= 0.6 is 0 Å². The number of hydrogen-bond acceptors (Lipinski definition) is 4. The number of nitrogens with one attached hydrogen (secondary N) is 1. The molecule has 0 saturated carbocycles. The van der Waals surface area contributed by atoms with E-state index in [2.05, 4.69) is 15.3 Å². The number of carbonyl (C=O) groups excluding carboxylic acids is 1. The van der Waals surface area contributed by atoms with Crippen LogP contribution in [0.25, 0.3) is 0 Å². The fraction of sp³-hybridized carbons (Fsp3) is 0.267. The van der Waals surface area contributed by atoms with Crippen molar-refractivity contribution in [1.82, 2.24) is 15.3 Å². The minimum absolute atomic E-state index is 0.115. The van der Waals surface area contributed by atoms with E-state index in [0.29, 0.717) is 11.4 Å². The van der Waals surface area contributed by atoms with Crippen LogP contribution in [-0.2, 0) is 6.42 Å². The number of pyridine rings is 2. The number of carbonyl (C=O) groups is 1. The zero-order chi connectivity index (χ0) is 14.5. The van der Waals surface area contributed by atoms with Crippen molar-refractivity contribution in [3.8, 4) is 0 Å². The molecule has 0 bridgehead atoms. The highest BCUT2D eigenvalue weighted by molar-refractivity contribution is 5.95. The van der Waals surface area contributed by atoms with Gasteiger partial charge in [0.2, 0.25) is 0 Å². The quantitative estimate of drug-likeness (QED) is 0.891. The summed E-state index contributed by atoms with van der Waals surface area (Å²) < 4.78 is 0. The van der Waals surface area contributed by atoms with E-state index in [-0.39, 0.29) is 11.9 Å². The van der Waals surface area contributed by atoms with Gasteiger partial charge in [0.1, 0.15) is 5.82 Å². The van der Waals surface area contributed by atoms with Crippen LogP contribution in [0, 0.1) is 0 Å². The van der Waals surface area contributed by atoms with E-state index in [1.54, 1.807) is 24.5 Å².